The van der Waals surface area contributed by atoms with Gasteiger partial charge in [0, 0.05) is 0 Å². The summed E-state index contributed by atoms with van der Waals surface area (Å²) in [5.41, 5.74) is 0. The second-order valence-corrected chi connectivity index (χ2v) is 3.78. The first-order valence-electron chi connectivity index (χ1n) is 5.02. The second-order valence-electron chi connectivity index (χ2n) is 3.78. The number of nitrogens with one attached hydrogen (secondary N) is 1. The summed E-state index contributed by atoms with van der Waals surface area (Å²) in [5, 5.41) is 2.30. The number of carbonyl (C=O) groups is 2. The molecule has 0 aromatic rings. The fourth-order valence-electron chi connectivity index (χ4n) is 1.51. The lowest BCUT2D eigenvalue weighted by Gasteiger charge is -2.33. The molecule has 1 aliphatic heterocycles. The lowest BCUT2D eigenvalue weighted by atomic mass is 10.1. The average Bonchev–Trinajstić information content (AvgIpc) is 2.22. The minimum atomic E-state index is -4.30. The predicted molar refractivity (Wildman–Crippen MR) is 49.8 cm³/mol. The maximum absolute atomic E-state index is 12.8. The molecule has 98 valence electrons. The normalized spacial score (nSPS) is 22.0. The zero-order chi connectivity index (χ0) is 13.2. The quantitative estimate of drug-likeness (QED) is 0.750. The van der Waals surface area contributed by atoms with Crippen molar-refractivity contribution < 1.29 is 27.2 Å². The average molecular weight is 256 g/mol. The van der Waals surface area contributed by atoms with E-state index in [9.17, 15) is 27.2 Å². The Labute approximate surface area is 94.9 Å². The summed E-state index contributed by atoms with van der Waals surface area (Å²) in [4.78, 5) is 23.1. The summed E-state index contributed by atoms with van der Waals surface area (Å²) >= 11 is 0. The molecule has 1 N–H and O–H groups in total. The number of amides is 2. The van der Waals surface area contributed by atoms with Gasteiger partial charge in [-0.25, -0.2) is 8.78 Å². The van der Waals surface area contributed by atoms with Crippen LogP contribution in [0.3, 0.4) is 0 Å². The minimum Gasteiger partial charge on any atom is -0.343 e. The molecule has 0 saturated carbocycles. The van der Waals surface area contributed by atoms with Crippen molar-refractivity contribution in [3.05, 3.63) is 0 Å². The summed E-state index contributed by atoms with van der Waals surface area (Å²) in [6, 6.07) is -0.912. The van der Waals surface area contributed by atoms with Gasteiger partial charge in [-0.15, -0.1) is 0 Å². The molecule has 1 saturated heterocycles. The summed E-state index contributed by atoms with van der Waals surface area (Å²) < 4.78 is 49.5. The Morgan fingerprint density at radius 1 is 1.47 bits per heavy atom. The standard InChI is InChI=1S/C9H12F4N2O2/c1-2-5-7(17)15(3-6(16)14-5)4-9(12,13)8(10)11/h5,8H,2-4H2,1H3,(H,14,16). The largest absolute Gasteiger partial charge is 0.343 e. The Kier molecular flexibility index (Phi) is 3.94. The fourth-order valence-corrected chi connectivity index (χ4v) is 1.51. The van der Waals surface area contributed by atoms with E-state index in [4.69, 9.17) is 0 Å². The molecule has 1 unspecified atom stereocenters. The molecule has 1 fully saturated rings. The third-order valence-corrected chi connectivity index (χ3v) is 2.41. The van der Waals surface area contributed by atoms with Crippen LogP contribution >= 0.6 is 0 Å². The molecular weight excluding hydrogens is 244 g/mol. The first-order valence-corrected chi connectivity index (χ1v) is 5.02. The van der Waals surface area contributed by atoms with Gasteiger partial charge in [0.1, 0.15) is 6.04 Å². The maximum atomic E-state index is 12.8. The van der Waals surface area contributed by atoms with E-state index in [1.165, 1.54) is 0 Å². The topological polar surface area (TPSA) is 49.4 Å². The molecule has 0 aliphatic carbocycles. The van der Waals surface area contributed by atoms with Crippen molar-refractivity contribution in [1.82, 2.24) is 10.2 Å². The van der Waals surface area contributed by atoms with E-state index in [1.807, 2.05) is 0 Å². The van der Waals surface area contributed by atoms with Crippen LogP contribution in [0.2, 0.25) is 0 Å². The molecule has 8 heteroatoms. The van der Waals surface area contributed by atoms with Crippen molar-refractivity contribution in [1.29, 1.82) is 0 Å². The highest BCUT2D eigenvalue weighted by atomic mass is 19.3. The molecule has 0 radical (unpaired) electrons. The molecule has 0 aromatic carbocycles. The second kappa shape index (κ2) is 4.89. The zero-order valence-corrected chi connectivity index (χ0v) is 9.05. The summed E-state index contributed by atoms with van der Waals surface area (Å²) in [6.07, 6.45) is -3.64. The first kappa shape index (κ1) is 13.7. The Hall–Kier alpha value is -1.34. The molecule has 0 spiro atoms. The minimum absolute atomic E-state index is 0.224. The number of nitrogens with zero attached hydrogens (tertiary/aromatic N) is 1. The van der Waals surface area contributed by atoms with E-state index in [-0.39, 0.29) is 6.42 Å². The SMILES string of the molecule is CCC1NC(=O)CN(CC(F)(F)C(F)F)C1=O. The van der Waals surface area contributed by atoms with Crippen LogP contribution in [0.5, 0.6) is 0 Å². The van der Waals surface area contributed by atoms with Crippen LogP contribution < -0.4 is 5.32 Å². The van der Waals surface area contributed by atoms with Crippen molar-refractivity contribution in [2.45, 2.75) is 31.7 Å². The smallest absolute Gasteiger partial charge is 0.324 e. The Morgan fingerprint density at radius 3 is 2.53 bits per heavy atom. The highest BCUT2D eigenvalue weighted by molar-refractivity contribution is 5.94. The van der Waals surface area contributed by atoms with Gasteiger partial charge in [0.15, 0.2) is 0 Å². The Morgan fingerprint density at radius 2 is 2.06 bits per heavy atom. The molecular formula is C9H12F4N2O2. The van der Waals surface area contributed by atoms with Crippen molar-refractivity contribution in [3.63, 3.8) is 0 Å². The number of hydrogen-bond acceptors (Lipinski definition) is 2. The Balaban J connectivity index is 2.76. The third kappa shape index (κ3) is 3.07. The Bertz CT molecular complexity index is 322. The van der Waals surface area contributed by atoms with Gasteiger partial charge in [-0.3, -0.25) is 9.59 Å². The molecule has 1 rings (SSSR count). The predicted octanol–water partition coefficient (Wildman–Crippen LogP) is 0.624. The lowest BCUT2D eigenvalue weighted by Crippen LogP contribution is -2.60. The van der Waals surface area contributed by atoms with Gasteiger partial charge in [0.25, 0.3) is 0 Å². The van der Waals surface area contributed by atoms with Gasteiger partial charge in [0.2, 0.25) is 11.8 Å². The van der Waals surface area contributed by atoms with Gasteiger partial charge in [0.05, 0.1) is 13.1 Å². The van der Waals surface area contributed by atoms with Crippen molar-refractivity contribution in [2.24, 2.45) is 0 Å². The molecule has 0 bridgehead atoms. The van der Waals surface area contributed by atoms with E-state index < -0.39 is 43.3 Å². The first-order chi connectivity index (χ1) is 7.77. The summed E-state index contributed by atoms with van der Waals surface area (Å²) in [5.74, 6) is -5.68. The van der Waals surface area contributed by atoms with Crippen molar-refractivity contribution in [2.75, 3.05) is 13.1 Å². The van der Waals surface area contributed by atoms with Crippen LogP contribution in [0.15, 0.2) is 0 Å². The number of alkyl halides is 4. The monoisotopic (exact) mass is 256 g/mol. The summed E-state index contributed by atoms with van der Waals surface area (Å²) in [6.45, 7) is -0.470. The number of halogens is 4. The van der Waals surface area contributed by atoms with Gasteiger partial charge >= 0.3 is 12.3 Å². The highest BCUT2D eigenvalue weighted by Gasteiger charge is 2.45. The highest BCUT2D eigenvalue weighted by Crippen LogP contribution is 2.24. The number of carbonyl (C=O) groups excluding carboxylic acids is 2. The van der Waals surface area contributed by atoms with Crippen LogP contribution in [0, 0.1) is 0 Å². The molecule has 1 heterocycles. The maximum Gasteiger partial charge on any atom is 0.324 e. The molecule has 2 amide bonds. The lowest BCUT2D eigenvalue weighted by molar-refractivity contribution is -0.164. The molecule has 17 heavy (non-hydrogen) atoms. The molecule has 4 nitrogen and oxygen atoms in total. The van der Waals surface area contributed by atoms with E-state index in [0.29, 0.717) is 4.90 Å². The fraction of sp³-hybridized carbons (Fsp3) is 0.778. The van der Waals surface area contributed by atoms with Crippen LogP contribution in [0.1, 0.15) is 13.3 Å². The van der Waals surface area contributed by atoms with Crippen molar-refractivity contribution >= 4 is 11.8 Å². The number of piperazine rings is 1. The van der Waals surface area contributed by atoms with E-state index in [2.05, 4.69) is 5.32 Å². The van der Waals surface area contributed by atoms with Crippen molar-refractivity contribution in [3.8, 4) is 0 Å². The van der Waals surface area contributed by atoms with E-state index in [1.54, 1.807) is 6.92 Å². The van der Waals surface area contributed by atoms with Crippen LogP contribution in [-0.2, 0) is 9.59 Å². The van der Waals surface area contributed by atoms with Gasteiger partial charge < -0.3 is 10.2 Å². The van der Waals surface area contributed by atoms with E-state index >= 15 is 0 Å². The van der Waals surface area contributed by atoms with Gasteiger partial charge in [-0.05, 0) is 6.42 Å². The van der Waals surface area contributed by atoms with Crippen LogP contribution in [-0.4, -0.2) is 48.2 Å². The van der Waals surface area contributed by atoms with Crippen LogP contribution in [0.25, 0.3) is 0 Å². The molecule has 1 atom stereocenters. The van der Waals surface area contributed by atoms with Gasteiger partial charge in [-0.1, -0.05) is 6.92 Å². The van der Waals surface area contributed by atoms with Crippen LogP contribution in [0.4, 0.5) is 17.6 Å². The van der Waals surface area contributed by atoms with Gasteiger partial charge in [-0.2, -0.15) is 8.78 Å². The zero-order valence-electron chi connectivity index (χ0n) is 9.05. The third-order valence-electron chi connectivity index (χ3n) is 2.41. The number of rotatable bonds is 4. The molecule has 1 aliphatic rings. The van der Waals surface area contributed by atoms with E-state index in [0.717, 1.165) is 0 Å². The summed E-state index contributed by atoms with van der Waals surface area (Å²) in [7, 11) is 0. The number of hydrogen-bond donors (Lipinski definition) is 1. The molecule has 0 aromatic heterocycles.